The SMILES string of the molecule is Cc1ccc(-c2nc(S(=O)(=O)c3ccc(Cl)cc3)c(NCc3ccccc3Cl)o2)cc1. The molecule has 0 fully saturated rings. The smallest absolute Gasteiger partial charge is 0.234 e. The Morgan fingerprint density at radius 3 is 2.29 bits per heavy atom. The van der Waals surface area contributed by atoms with E-state index < -0.39 is 9.84 Å². The van der Waals surface area contributed by atoms with E-state index in [2.05, 4.69) is 10.3 Å². The normalized spacial score (nSPS) is 11.5. The van der Waals surface area contributed by atoms with Gasteiger partial charge < -0.3 is 9.73 Å². The lowest BCUT2D eigenvalue weighted by Gasteiger charge is -2.07. The number of nitrogens with zero attached hydrogens (tertiary/aromatic N) is 1. The monoisotopic (exact) mass is 472 g/mol. The quantitative estimate of drug-likeness (QED) is 0.351. The van der Waals surface area contributed by atoms with Crippen LogP contribution in [0.15, 0.2) is 87.1 Å². The number of hydrogen-bond donors (Lipinski definition) is 1. The van der Waals surface area contributed by atoms with Crippen LogP contribution in [0.4, 0.5) is 5.88 Å². The summed E-state index contributed by atoms with van der Waals surface area (Å²) in [6, 6.07) is 20.7. The average Bonchev–Trinajstić information content (AvgIpc) is 3.19. The highest BCUT2D eigenvalue weighted by Crippen LogP contribution is 2.33. The van der Waals surface area contributed by atoms with Gasteiger partial charge in [-0.15, -0.1) is 0 Å². The Morgan fingerprint density at radius 2 is 1.61 bits per heavy atom. The lowest BCUT2D eigenvalue weighted by atomic mass is 10.1. The number of aryl methyl sites for hydroxylation is 1. The lowest BCUT2D eigenvalue weighted by Crippen LogP contribution is -2.07. The molecule has 0 bridgehead atoms. The fourth-order valence-electron chi connectivity index (χ4n) is 2.96. The number of aromatic nitrogens is 1. The van der Waals surface area contributed by atoms with Crippen molar-refractivity contribution in [3.05, 3.63) is 94.0 Å². The first kappa shape index (κ1) is 21.4. The third kappa shape index (κ3) is 4.61. The molecule has 31 heavy (non-hydrogen) atoms. The zero-order valence-electron chi connectivity index (χ0n) is 16.5. The minimum absolute atomic E-state index is 0.0467. The summed E-state index contributed by atoms with van der Waals surface area (Å²) in [5.74, 6) is 0.250. The van der Waals surface area contributed by atoms with Gasteiger partial charge in [-0.2, -0.15) is 4.98 Å². The summed E-state index contributed by atoms with van der Waals surface area (Å²) >= 11 is 12.1. The second-order valence-corrected chi connectivity index (χ2v) is 9.63. The fourth-order valence-corrected chi connectivity index (χ4v) is 4.57. The molecule has 0 spiro atoms. The van der Waals surface area contributed by atoms with Crippen LogP contribution in [0, 0.1) is 6.92 Å². The number of hydrogen-bond acceptors (Lipinski definition) is 5. The fraction of sp³-hybridized carbons (Fsp3) is 0.0870. The molecular weight excluding hydrogens is 455 g/mol. The first-order valence-electron chi connectivity index (χ1n) is 9.40. The van der Waals surface area contributed by atoms with Gasteiger partial charge in [0, 0.05) is 22.2 Å². The van der Waals surface area contributed by atoms with Gasteiger partial charge in [-0.3, -0.25) is 0 Å². The molecule has 0 saturated carbocycles. The number of benzene rings is 3. The van der Waals surface area contributed by atoms with E-state index in [-0.39, 0.29) is 28.2 Å². The molecule has 158 valence electrons. The summed E-state index contributed by atoms with van der Waals surface area (Å²) in [5.41, 5.74) is 2.54. The first-order chi connectivity index (χ1) is 14.8. The molecule has 0 aliphatic carbocycles. The largest absolute Gasteiger partial charge is 0.419 e. The molecule has 1 aromatic heterocycles. The molecule has 0 amide bonds. The standard InChI is InChI=1S/C23H18Cl2N2O3S/c1-15-6-8-16(9-7-15)21-27-23(31(28,29)19-12-10-18(24)11-13-19)22(30-21)26-14-17-4-2-3-5-20(17)25/h2-13,26H,14H2,1H3. The van der Waals surface area contributed by atoms with E-state index in [0.29, 0.717) is 15.6 Å². The third-order valence-corrected chi connectivity index (χ3v) is 6.97. The van der Waals surface area contributed by atoms with Crippen LogP contribution in [0.5, 0.6) is 0 Å². The summed E-state index contributed by atoms with van der Waals surface area (Å²) < 4.78 is 32.5. The van der Waals surface area contributed by atoms with Crippen molar-refractivity contribution in [1.82, 2.24) is 4.98 Å². The molecule has 0 aliphatic heterocycles. The topological polar surface area (TPSA) is 72.2 Å². The van der Waals surface area contributed by atoms with Crippen molar-refractivity contribution < 1.29 is 12.8 Å². The number of anilines is 1. The van der Waals surface area contributed by atoms with E-state index >= 15 is 0 Å². The molecule has 0 atom stereocenters. The van der Waals surface area contributed by atoms with Crippen molar-refractivity contribution in [1.29, 1.82) is 0 Å². The Morgan fingerprint density at radius 1 is 0.935 bits per heavy atom. The van der Waals surface area contributed by atoms with Crippen molar-refractivity contribution in [3.8, 4) is 11.5 Å². The van der Waals surface area contributed by atoms with Crippen molar-refractivity contribution in [2.45, 2.75) is 23.4 Å². The van der Waals surface area contributed by atoms with Gasteiger partial charge in [-0.05, 0) is 55.0 Å². The van der Waals surface area contributed by atoms with E-state index in [0.717, 1.165) is 11.1 Å². The van der Waals surface area contributed by atoms with Crippen LogP contribution >= 0.6 is 23.2 Å². The van der Waals surface area contributed by atoms with Gasteiger partial charge in [0.15, 0.2) is 0 Å². The van der Waals surface area contributed by atoms with Crippen LogP contribution < -0.4 is 5.32 Å². The number of oxazole rings is 1. The Hall–Kier alpha value is -2.80. The third-order valence-electron chi connectivity index (χ3n) is 4.67. The summed E-state index contributed by atoms with van der Waals surface area (Å²) in [6.07, 6.45) is 0. The van der Waals surface area contributed by atoms with Crippen LogP contribution in [0.3, 0.4) is 0 Å². The molecule has 0 unspecified atom stereocenters. The molecule has 0 saturated heterocycles. The summed E-state index contributed by atoms with van der Waals surface area (Å²) in [7, 11) is -3.96. The number of halogens is 2. The van der Waals surface area contributed by atoms with Crippen molar-refractivity contribution in [2.24, 2.45) is 0 Å². The first-order valence-corrected chi connectivity index (χ1v) is 11.6. The van der Waals surface area contributed by atoms with E-state index in [1.807, 2.05) is 49.4 Å². The predicted molar refractivity (Wildman–Crippen MR) is 122 cm³/mol. The van der Waals surface area contributed by atoms with Crippen LogP contribution in [-0.4, -0.2) is 13.4 Å². The molecular formula is C23H18Cl2N2O3S. The highest BCUT2D eigenvalue weighted by atomic mass is 35.5. The van der Waals surface area contributed by atoms with Gasteiger partial charge in [0.2, 0.25) is 26.6 Å². The molecule has 1 N–H and O–H groups in total. The Balaban J connectivity index is 1.77. The van der Waals surface area contributed by atoms with Crippen LogP contribution in [0.2, 0.25) is 10.0 Å². The summed E-state index contributed by atoms with van der Waals surface area (Å²) in [4.78, 5) is 4.40. The van der Waals surface area contributed by atoms with Gasteiger partial charge in [-0.25, -0.2) is 8.42 Å². The molecule has 1 heterocycles. The number of nitrogens with one attached hydrogen (secondary N) is 1. The highest BCUT2D eigenvalue weighted by molar-refractivity contribution is 7.91. The van der Waals surface area contributed by atoms with E-state index in [1.54, 1.807) is 6.07 Å². The van der Waals surface area contributed by atoms with Crippen LogP contribution in [0.25, 0.3) is 11.5 Å². The Kier molecular flexibility index (Phi) is 6.05. The molecule has 4 rings (SSSR count). The maximum Gasteiger partial charge on any atom is 0.234 e. The van der Waals surface area contributed by atoms with Gasteiger partial charge in [-0.1, -0.05) is 59.1 Å². The Labute approximate surface area is 190 Å². The number of sulfone groups is 1. The maximum atomic E-state index is 13.3. The minimum Gasteiger partial charge on any atom is -0.419 e. The van der Waals surface area contributed by atoms with Crippen molar-refractivity contribution >= 4 is 38.9 Å². The predicted octanol–water partition coefficient (Wildman–Crippen LogP) is 6.40. The van der Waals surface area contributed by atoms with Gasteiger partial charge >= 0.3 is 0 Å². The number of rotatable bonds is 6. The zero-order chi connectivity index (χ0) is 22.0. The molecule has 0 aliphatic rings. The van der Waals surface area contributed by atoms with Crippen molar-refractivity contribution in [3.63, 3.8) is 0 Å². The second kappa shape index (κ2) is 8.75. The van der Waals surface area contributed by atoms with Gasteiger partial charge in [0.25, 0.3) is 0 Å². The average molecular weight is 473 g/mol. The summed E-state index contributed by atoms with van der Waals surface area (Å²) in [6.45, 7) is 2.23. The molecule has 4 aromatic rings. The summed E-state index contributed by atoms with van der Waals surface area (Å²) in [5, 5.41) is 3.85. The molecule has 0 radical (unpaired) electrons. The van der Waals surface area contributed by atoms with Gasteiger partial charge in [0.05, 0.1) is 4.90 Å². The Bertz CT molecular complexity index is 1320. The highest BCUT2D eigenvalue weighted by Gasteiger charge is 2.28. The van der Waals surface area contributed by atoms with Crippen LogP contribution in [-0.2, 0) is 16.4 Å². The van der Waals surface area contributed by atoms with E-state index in [4.69, 9.17) is 27.6 Å². The molecule has 3 aromatic carbocycles. The maximum absolute atomic E-state index is 13.3. The minimum atomic E-state index is -3.96. The van der Waals surface area contributed by atoms with Crippen LogP contribution in [0.1, 0.15) is 11.1 Å². The second-order valence-electron chi connectivity index (χ2n) is 6.92. The van der Waals surface area contributed by atoms with E-state index in [1.165, 1.54) is 24.3 Å². The van der Waals surface area contributed by atoms with Gasteiger partial charge in [0.1, 0.15) is 0 Å². The van der Waals surface area contributed by atoms with E-state index in [9.17, 15) is 8.42 Å². The lowest BCUT2D eigenvalue weighted by molar-refractivity contribution is 0.576. The molecule has 8 heteroatoms. The molecule has 5 nitrogen and oxygen atoms in total. The van der Waals surface area contributed by atoms with Crippen molar-refractivity contribution in [2.75, 3.05) is 5.32 Å². The zero-order valence-corrected chi connectivity index (χ0v) is 18.8.